The van der Waals surface area contributed by atoms with Gasteiger partial charge in [0, 0.05) is 19.2 Å². The summed E-state index contributed by atoms with van der Waals surface area (Å²) in [5.41, 5.74) is 0.301. The number of ether oxygens (including phenoxy) is 1. The molecule has 1 heterocycles. The molecular formula is C15H22N2O5S. The number of nitrogens with one attached hydrogen (secondary N) is 2. The van der Waals surface area contributed by atoms with Gasteiger partial charge in [0.15, 0.2) is 0 Å². The first-order valence-electron chi connectivity index (χ1n) is 7.55. The van der Waals surface area contributed by atoms with E-state index in [-0.39, 0.29) is 22.6 Å². The van der Waals surface area contributed by atoms with Crippen LogP contribution in [0.4, 0.5) is 5.69 Å². The van der Waals surface area contributed by atoms with Crippen molar-refractivity contribution in [3.8, 4) is 0 Å². The van der Waals surface area contributed by atoms with Crippen molar-refractivity contribution >= 4 is 21.7 Å². The van der Waals surface area contributed by atoms with Crippen LogP contribution in [0.5, 0.6) is 0 Å². The van der Waals surface area contributed by atoms with Crippen LogP contribution in [0.1, 0.15) is 37.0 Å². The molecule has 0 bridgehead atoms. The van der Waals surface area contributed by atoms with Gasteiger partial charge in [-0.2, -0.15) is 0 Å². The third-order valence-electron chi connectivity index (χ3n) is 3.45. The Morgan fingerprint density at radius 3 is 2.74 bits per heavy atom. The lowest BCUT2D eigenvalue weighted by Crippen LogP contribution is -2.31. The fourth-order valence-electron chi connectivity index (χ4n) is 2.43. The van der Waals surface area contributed by atoms with E-state index in [1.54, 1.807) is 13.8 Å². The molecule has 128 valence electrons. The Balaban J connectivity index is 2.30. The zero-order valence-corrected chi connectivity index (χ0v) is 14.0. The first-order valence-corrected chi connectivity index (χ1v) is 9.03. The SMILES string of the molecule is CC(C)NS(=O)(=O)c1cc(C(=O)O)ccc1NC[C@H]1CCCO1. The van der Waals surface area contributed by atoms with E-state index in [9.17, 15) is 13.2 Å². The van der Waals surface area contributed by atoms with E-state index in [1.165, 1.54) is 18.2 Å². The molecule has 1 fully saturated rings. The van der Waals surface area contributed by atoms with Crippen LogP contribution >= 0.6 is 0 Å². The van der Waals surface area contributed by atoms with Crippen LogP contribution in [-0.4, -0.2) is 44.8 Å². The maximum Gasteiger partial charge on any atom is 0.335 e. The molecule has 1 aromatic rings. The summed E-state index contributed by atoms with van der Waals surface area (Å²) in [6, 6.07) is 3.74. The first kappa shape index (κ1) is 17.7. The molecule has 0 radical (unpaired) electrons. The Hall–Kier alpha value is -1.64. The normalized spacial score (nSPS) is 18.3. The maximum absolute atomic E-state index is 12.5. The molecule has 1 aliphatic rings. The van der Waals surface area contributed by atoms with Crippen LogP contribution in [-0.2, 0) is 14.8 Å². The number of benzene rings is 1. The van der Waals surface area contributed by atoms with Crippen molar-refractivity contribution in [3.63, 3.8) is 0 Å². The maximum atomic E-state index is 12.5. The Morgan fingerprint density at radius 2 is 2.17 bits per heavy atom. The van der Waals surface area contributed by atoms with Crippen LogP contribution in [0.3, 0.4) is 0 Å². The number of hydrogen-bond acceptors (Lipinski definition) is 5. The molecule has 1 aliphatic heterocycles. The van der Waals surface area contributed by atoms with Crippen LogP contribution in [0, 0.1) is 0 Å². The van der Waals surface area contributed by atoms with Crippen molar-refractivity contribution < 1.29 is 23.1 Å². The number of carboxylic acids is 1. The highest BCUT2D eigenvalue weighted by Crippen LogP contribution is 2.24. The second-order valence-electron chi connectivity index (χ2n) is 5.81. The highest BCUT2D eigenvalue weighted by Gasteiger charge is 2.23. The number of aromatic carboxylic acids is 1. The van der Waals surface area contributed by atoms with Crippen molar-refractivity contribution in [2.45, 2.75) is 43.7 Å². The minimum atomic E-state index is -3.81. The van der Waals surface area contributed by atoms with Gasteiger partial charge >= 0.3 is 5.97 Å². The quantitative estimate of drug-likeness (QED) is 0.696. The molecule has 0 amide bonds. The van der Waals surface area contributed by atoms with Crippen molar-refractivity contribution in [1.29, 1.82) is 0 Å². The zero-order chi connectivity index (χ0) is 17.0. The lowest BCUT2D eigenvalue weighted by Gasteiger charge is -2.17. The van der Waals surface area contributed by atoms with Crippen molar-refractivity contribution in [2.75, 3.05) is 18.5 Å². The standard InChI is InChI=1S/C15H22N2O5S/c1-10(2)17-23(20,21)14-8-11(15(18)19)5-6-13(14)16-9-12-4-3-7-22-12/h5-6,8,10,12,16-17H,3-4,7,9H2,1-2H3,(H,18,19)/t12-/m1/s1. The molecule has 0 aliphatic carbocycles. The van der Waals surface area contributed by atoms with Gasteiger partial charge in [0.25, 0.3) is 0 Å². The summed E-state index contributed by atoms with van der Waals surface area (Å²) < 4.78 is 32.9. The number of carbonyl (C=O) groups is 1. The van der Waals surface area contributed by atoms with E-state index in [4.69, 9.17) is 9.84 Å². The Morgan fingerprint density at radius 1 is 1.43 bits per heavy atom. The van der Waals surface area contributed by atoms with E-state index < -0.39 is 16.0 Å². The summed E-state index contributed by atoms with van der Waals surface area (Å²) >= 11 is 0. The Labute approximate surface area is 136 Å². The van der Waals surface area contributed by atoms with Crippen LogP contribution in [0.25, 0.3) is 0 Å². The Kier molecular flexibility index (Phi) is 5.61. The molecule has 0 aromatic heterocycles. The molecule has 1 saturated heterocycles. The highest BCUT2D eigenvalue weighted by molar-refractivity contribution is 7.89. The van der Waals surface area contributed by atoms with Gasteiger partial charge in [0.1, 0.15) is 4.90 Å². The number of carboxylic acid groups (broad SMARTS) is 1. The van der Waals surface area contributed by atoms with Gasteiger partial charge in [-0.15, -0.1) is 0 Å². The molecule has 3 N–H and O–H groups in total. The first-order chi connectivity index (χ1) is 10.8. The van der Waals surface area contributed by atoms with E-state index >= 15 is 0 Å². The summed E-state index contributed by atoms with van der Waals surface area (Å²) in [7, 11) is -3.81. The van der Waals surface area contributed by atoms with Crippen LogP contribution in [0.15, 0.2) is 23.1 Å². The van der Waals surface area contributed by atoms with E-state index in [2.05, 4.69) is 10.0 Å². The minimum Gasteiger partial charge on any atom is -0.478 e. The van der Waals surface area contributed by atoms with E-state index in [1.807, 2.05) is 0 Å². The summed E-state index contributed by atoms with van der Waals surface area (Å²) in [6.45, 7) is 4.61. The molecule has 8 heteroatoms. The summed E-state index contributed by atoms with van der Waals surface area (Å²) in [5.74, 6) is -1.17. The average Bonchev–Trinajstić information content (AvgIpc) is 2.96. The van der Waals surface area contributed by atoms with Gasteiger partial charge in [0.05, 0.1) is 17.4 Å². The molecule has 0 saturated carbocycles. The molecule has 0 spiro atoms. The third-order valence-corrected chi connectivity index (χ3v) is 5.15. The number of sulfonamides is 1. The molecule has 23 heavy (non-hydrogen) atoms. The molecular weight excluding hydrogens is 320 g/mol. The summed E-state index contributed by atoms with van der Waals surface area (Å²) in [5, 5.41) is 12.2. The molecule has 2 rings (SSSR count). The number of anilines is 1. The average molecular weight is 342 g/mol. The predicted octanol–water partition coefficient (Wildman–Crippen LogP) is 1.66. The fourth-order valence-corrected chi connectivity index (χ4v) is 3.89. The van der Waals surface area contributed by atoms with Crippen molar-refractivity contribution in [2.24, 2.45) is 0 Å². The number of rotatable bonds is 7. The minimum absolute atomic E-state index is 0.0442. The second-order valence-corrected chi connectivity index (χ2v) is 7.49. The second kappa shape index (κ2) is 7.29. The molecule has 1 atom stereocenters. The van der Waals surface area contributed by atoms with Gasteiger partial charge in [0.2, 0.25) is 10.0 Å². The summed E-state index contributed by atoms with van der Waals surface area (Å²) in [6.07, 6.45) is 1.96. The lowest BCUT2D eigenvalue weighted by molar-refractivity contribution is 0.0696. The van der Waals surface area contributed by atoms with E-state index in [0.29, 0.717) is 18.8 Å². The molecule has 7 nitrogen and oxygen atoms in total. The molecule has 0 unspecified atom stereocenters. The van der Waals surface area contributed by atoms with Crippen molar-refractivity contribution in [1.82, 2.24) is 4.72 Å². The third kappa shape index (κ3) is 4.66. The van der Waals surface area contributed by atoms with Crippen LogP contribution in [0.2, 0.25) is 0 Å². The van der Waals surface area contributed by atoms with Gasteiger partial charge in [-0.25, -0.2) is 17.9 Å². The number of hydrogen-bond donors (Lipinski definition) is 3. The van der Waals surface area contributed by atoms with Crippen LogP contribution < -0.4 is 10.0 Å². The monoisotopic (exact) mass is 342 g/mol. The largest absolute Gasteiger partial charge is 0.478 e. The smallest absolute Gasteiger partial charge is 0.335 e. The molecule has 1 aromatic carbocycles. The van der Waals surface area contributed by atoms with Crippen molar-refractivity contribution in [3.05, 3.63) is 23.8 Å². The predicted molar refractivity (Wildman–Crippen MR) is 86.3 cm³/mol. The van der Waals surface area contributed by atoms with Gasteiger partial charge < -0.3 is 15.2 Å². The highest BCUT2D eigenvalue weighted by atomic mass is 32.2. The van der Waals surface area contributed by atoms with Gasteiger partial charge in [-0.3, -0.25) is 0 Å². The van der Waals surface area contributed by atoms with E-state index in [0.717, 1.165) is 12.8 Å². The van der Waals surface area contributed by atoms with Gasteiger partial charge in [-0.1, -0.05) is 0 Å². The Bertz CT molecular complexity index is 666. The zero-order valence-electron chi connectivity index (χ0n) is 13.2. The lowest BCUT2D eigenvalue weighted by atomic mass is 10.2. The summed E-state index contributed by atoms with van der Waals surface area (Å²) in [4.78, 5) is 11.1. The fraction of sp³-hybridized carbons (Fsp3) is 0.533. The van der Waals surface area contributed by atoms with Gasteiger partial charge in [-0.05, 0) is 44.9 Å². The topological polar surface area (TPSA) is 105 Å².